The quantitative estimate of drug-likeness (QED) is 0.379. The summed E-state index contributed by atoms with van der Waals surface area (Å²) < 4.78 is 0. The number of carbonyl (C=O) groups is 2. The standard InChI is InChI=1S/C20H21ClN4O3.ClH/c21-16-7-5-15(6-8-16)20(27)25-11-1-2-17(13-25)23-18-9-3-14(12-22-18)4-10-19(26)24-28;/h3-10,12,17,28H,1-2,11,13H2,(H,22,23)(H,24,26);1H/t17-;/m1./s1. The lowest BCUT2D eigenvalue weighted by atomic mass is 10.0. The van der Waals surface area contributed by atoms with Crippen molar-refractivity contribution in [1.29, 1.82) is 0 Å². The summed E-state index contributed by atoms with van der Waals surface area (Å²) in [6.07, 6.45) is 6.25. The van der Waals surface area contributed by atoms with Gasteiger partial charge in [-0.15, -0.1) is 12.4 Å². The first-order valence-electron chi connectivity index (χ1n) is 8.95. The first-order valence-corrected chi connectivity index (χ1v) is 9.32. The average Bonchev–Trinajstić information content (AvgIpc) is 2.73. The Balaban J connectivity index is 0.00000300. The molecule has 7 nitrogen and oxygen atoms in total. The van der Waals surface area contributed by atoms with Crippen molar-refractivity contribution < 1.29 is 14.8 Å². The van der Waals surface area contributed by atoms with Crippen molar-refractivity contribution >= 4 is 47.7 Å². The van der Waals surface area contributed by atoms with Crippen LogP contribution in [0.25, 0.3) is 6.08 Å². The second-order valence-corrected chi connectivity index (χ2v) is 6.96. The molecule has 9 heteroatoms. The van der Waals surface area contributed by atoms with Gasteiger partial charge in [0.05, 0.1) is 0 Å². The predicted molar refractivity (Wildman–Crippen MR) is 114 cm³/mol. The Kier molecular flexibility index (Phi) is 8.45. The van der Waals surface area contributed by atoms with E-state index in [4.69, 9.17) is 16.8 Å². The summed E-state index contributed by atoms with van der Waals surface area (Å²) in [7, 11) is 0. The fourth-order valence-electron chi connectivity index (χ4n) is 3.06. The zero-order chi connectivity index (χ0) is 19.9. The molecule has 0 radical (unpaired) electrons. The molecule has 2 heterocycles. The van der Waals surface area contributed by atoms with Crippen molar-refractivity contribution in [1.82, 2.24) is 15.4 Å². The number of piperidine rings is 1. The van der Waals surface area contributed by atoms with Crippen molar-refractivity contribution in [2.75, 3.05) is 18.4 Å². The van der Waals surface area contributed by atoms with E-state index in [1.807, 2.05) is 17.0 Å². The summed E-state index contributed by atoms with van der Waals surface area (Å²) in [6, 6.07) is 10.7. The Labute approximate surface area is 180 Å². The Morgan fingerprint density at radius 1 is 1.21 bits per heavy atom. The predicted octanol–water partition coefficient (Wildman–Crippen LogP) is 3.39. The number of halogens is 2. The van der Waals surface area contributed by atoms with Crippen LogP contribution in [0.2, 0.25) is 5.02 Å². The number of carbonyl (C=O) groups excluding carboxylic acids is 2. The van der Waals surface area contributed by atoms with E-state index in [9.17, 15) is 9.59 Å². The SMILES string of the molecule is Cl.O=C(C=Cc1ccc(N[C@@H]2CCCN(C(=O)c3ccc(Cl)cc3)C2)nc1)NO. The first kappa shape index (κ1) is 22.7. The zero-order valence-corrected chi connectivity index (χ0v) is 17.1. The number of hydrogen-bond donors (Lipinski definition) is 3. The van der Waals surface area contributed by atoms with Gasteiger partial charge in [0.1, 0.15) is 5.82 Å². The van der Waals surface area contributed by atoms with Crippen LogP contribution in [0.3, 0.4) is 0 Å². The van der Waals surface area contributed by atoms with Gasteiger partial charge in [-0.25, -0.2) is 10.5 Å². The van der Waals surface area contributed by atoms with Gasteiger partial charge in [0.2, 0.25) is 0 Å². The third kappa shape index (κ3) is 6.45. The Hall–Kier alpha value is -2.61. The number of benzene rings is 1. The highest BCUT2D eigenvalue weighted by Crippen LogP contribution is 2.18. The van der Waals surface area contributed by atoms with Crippen LogP contribution in [-0.2, 0) is 4.79 Å². The molecule has 1 aromatic carbocycles. The van der Waals surface area contributed by atoms with Gasteiger partial charge in [-0.05, 0) is 60.9 Å². The maximum Gasteiger partial charge on any atom is 0.267 e. The minimum absolute atomic E-state index is 0. The number of rotatable bonds is 5. The van der Waals surface area contributed by atoms with Crippen molar-refractivity contribution in [3.05, 3.63) is 64.8 Å². The van der Waals surface area contributed by atoms with Crippen LogP contribution in [0, 0.1) is 0 Å². The molecule has 3 rings (SSSR count). The molecule has 1 fully saturated rings. The molecule has 0 spiro atoms. The van der Waals surface area contributed by atoms with Crippen molar-refractivity contribution in [2.45, 2.75) is 18.9 Å². The molecule has 2 amide bonds. The second-order valence-electron chi connectivity index (χ2n) is 6.53. The van der Waals surface area contributed by atoms with Gasteiger partial charge in [0.15, 0.2) is 0 Å². The van der Waals surface area contributed by atoms with E-state index >= 15 is 0 Å². The molecule has 0 aliphatic carbocycles. The topological polar surface area (TPSA) is 94.6 Å². The van der Waals surface area contributed by atoms with E-state index in [1.54, 1.807) is 36.5 Å². The van der Waals surface area contributed by atoms with Crippen LogP contribution in [0.1, 0.15) is 28.8 Å². The lowest BCUT2D eigenvalue weighted by molar-refractivity contribution is -0.124. The van der Waals surface area contributed by atoms with Crippen LogP contribution >= 0.6 is 24.0 Å². The van der Waals surface area contributed by atoms with Gasteiger partial charge in [0, 0.05) is 42.0 Å². The molecule has 1 aliphatic heterocycles. The number of anilines is 1. The van der Waals surface area contributed by atoms with E-state index in [1.165, 1.54) is 11.6 Å². The molecule has 0 unspecified atom stereocenters. The van der Waals surface area contributed by atoms with Crippen LogP contribution < -0.4 is 10.8 Å². The largest absolute Gasteiger partial charge is 0.366 e. The minimum atomic E-state index is -0.602. The third-order valence-electron chi connectivity index (χ3n) is 4.48. The molecule has 29 heavy (non-hydrogen) atoms. The summed E-state index contributed by atoms with van der Waals surface area (Å²) in [5.74, 6) is 0.100. The normalized spacial score (nSPS) is 16.2. The highest BCUT2D eigenvalue weighted by molar-refractivity contribution is 6.30. The molecule has 1 atom stereocenters. The highest BCUT2D eigenvalue weighted by atomic mass is 35.5. The van der Waals surface area contributed by atoms with Gasteiger partial charge >= 0.3 is 0 Å². The minimum Gasteiger partial charge on any atom is -0.366 e. The number of hydrogen-bond acceptors (Lipinski definition) is 5. The van der Waals surface area contributed by atoms with Gasteiger partial charge < -0.3 is 10.2 Å². The maximum atomic E-state index is 12.7. The van der Waals surface area contributed by atoms with Crippen LogP contribution in [0.5, 0.6) is 0 Å². The molecular formula is C20H22Cl2N4O3. The summed E-state index contributed by atoms with van der Waals surface area (Å²) in [6.45, 7) is 1.32. The molecule has 0 bridgehead atoms. The fourth-order valence-corrected chi connectivity index (χ4v) is 3.19. The van der Waals surface area contributed by atoms with Gasteiger partial charge in [-0.1, -0.05) is 11.6 Å². The lowest BCUT2D eigenvalue weighted by Crippen LogP contribution is -2.45. The lowest BCUT2D eigenvalue weighted by Gasteiger charge is -2.33. The molecule has 2 aromatic rings. The number of nitrogens with one attached hydrogen (secondary N) is 2. The summed E-state index contributed by atoms with van der Waals surface area (Å²) in [4.78, 5) is 29.9. The van der Waals surface area contributed by atoms with Crippen molar-refractivity contribution in [2.24, 2.45) is 0 Å². The second kappa shape index (κ2) is 10.8. The number of pyridine rings is 1. The molecule has 1 aliphatic rings. The van der Waals surface area contributed by atoms with E-state index in [0.29, 0.717) is 22.9 Å². The monoisotopic (exact) mass is 436 g/mol. The Morgan fingerprint density at radius 3 is 2.62 bits per heavy atom. The van der Waals surface area contributed by atoms with Crippen LogP contribution in [-0.4, -0.2) is 46.0 Å². The van der Waals surface area contributed by atoms with E-state index < -0.39 is 5.91 Å². The van der Waals surface area contributed by atoms with Gasteiger partial charge in [-0.2, -0.15) is 0 Å². The summed E-state index contributed by atoms with van der Waals surface area (Å²) in [5.41, 5.74) is 2.90. The molecular weight excluding hydrogens is 415 g/mol. The average molecular weight is 437 g/mol. The Morgan fingerprint density at radius 2 is 1.97 bits per heavy atom. The number of nitrogens with zero attached hydrogens (tertiary/aromatic N) is 2. The fraction of sp³-hybridized carbons (Fsp3) is 0.250. The molecule has 154 valence electrons. The van der Waals surface area contributed by atoms with Crippen LogP contribution in [0.4, 0.5) is 5.82 Å². The van der Waals surface area contributed by atoms with Crippen molar-refractivity contribution in [3.8, 4) is 0 Å². The molecule has 0 saturated carbocycles. The molecule has 1 saturated heterocycles. The molecule has 3 N–H and O–H groups in total. The number of likely N-dealkylation sites (tertiary alicyclic amines) is 1. The highest BCUT2D eigenvalue weighted by Gasteiger charge is 2.24. The number of amides is 2. The van der Waals surface area contributed by atoms with Crippen LogP contribution in [0.15, 0.2) is 48.7 Å². The van der Waals surface area contributed by atoms with Gasteiger partial charge in [-0.3, -0.25) is 14.8 Å². The van der Waals surface area contributed by atoms with Crippen molar-refractivity contribution in [3.63, 3.8) is 0 Å². The third-order valence-corrected chi connectivity index (χ3v) is 4.73. The summed E-state index contributed by atoms with van der Waals surface area (Å²) >= 11 is 5.89. The van der Waals surface area contributed by atoms with E-state index in [2.05, 4.69) is 10.3 Å². The zero-order valence-electron chi connectivity index (χ0n) is 15.5. The Bertz CT molecular complexity index is 857. The molecule has 1 aromatic heterocycles. The van der Waals surface area contributed by atoms with E-state index in [-0.39, 0.29) is 24.4 Å². The number of aromatic nitrogens is 1. The summed E-state index contributed by atoms with van der Waals surface area (Å²) in [5, 5.41) is 12.4. The number of hydroxylamine groups is 1. The smallest absolute Gasteiger partial charge is 0.267 e. The van der Waals surface area contributed by atoms with Gasteiger partial charge in [0.25, 0.3) is 11.8 Å². The van der Waals surface area contributed by atoms with E-state index in [0.717, 1.165) is 24.9 Å². The maximum absolute atomic E-state index is 12.7. The first-order chi connectivity index (χ1) is 13.5.